The fourth-order valence-electron chi connectivity index (χ4n) is 2.15. The lowest BCUT2D eigenvalue weighted by molar-refractivity contribution is -0.671. The molecule has 7 nitrogen and oxygen atoms in total. The molecule has 0 spiro atoms. The number of hydrazone groups is 1. The van der Waals surface area contributed by atoms with E-state index in [4.69, 9.17) is 4.55 Å². The van der Waals surface area contributed by atoms with E-state index in [1.165, 1.54) is 25.0 Å². The lowest BCUT2D eigenvalue weighted by Crippen LogP contribution is -2.29. The van der Waals surface area contributed by atoms with E-state index in [1.54, 1.807) is 30.6 Å². The molecule has 0 aliphatic heterocycles. The van der Waals surface area contributed by atoms with Gasteiger partial charge in [-0.2, -0.15) is 13.5 Å². The normalized spacial score (nSPS) is 11.0. The van der Waals surface area contributed by atoms with Crippen LogP contribution in [0.15, 0.2) is 58.8 Å². The van der Waals surface area contributed by atoms with Crippen LogP contribution in [0.1, 0.15) is 48.5 Å². The monoisotopic (exact) mass is 406 g/mol. The molecule has 0 fully saturated rings. The zero-order chi connectivity index (χ0) is 21.0. The molecular formula is C20H28N3O4S+. The summed E-state index contributed by atoms with van der Waals surface area (Å²) in [6, 6.07) is 9.59. The minimum Gasteiger partial charge on any atom is -0.282 e. The zero-order valence-corrected chi connectivity index (χ0v) is 17.3. The lowest BCUT2D eigenvalue weighted by Gasteiger charge is -1.97. The lowest BCUT2D eigenvalue weighted by atomic mass is 10.2. The molecule has 2 rings (SSSR count). The van der Waals surface area contributed by atoms with Gasteiger partial charge in [-0.25, -0.2) is 9.99 Å². The van der Waals surface area contributed by atoms with E-state index in [0.717, 1.165) is 18.4 Å². The van der Waals surface area contributed by atoms with Crippen molar-refractivity contribution in [1.82, 2.24) is 5.43 Å². The number of unbranched alkanes of at least 4 members (excludes halogenated alkanes) is 3. The van der Waals surface area contributed by atoms with Gasteiger partial charge in [0.05, 0.1) is 4.90 Å². The van der Waals surface area contributed by atoms with Crippen molar-refractivity contribution in [3.05, 3.63) is 59.9 Å². The second-order valence-corrected chi connectivity index (χ2v) is 7.72. The van der Waals surface area contributed by atoms with Crippen LogP contribution < -0.4 is 9.99 Å². The maximum atomic E-state index is 11.6. The molecule has 0 unspecified atom stereocenters. The molecule has 0 atom stereocenters. The number of aromatic nitrogens is 1. The predicted octanol–water partition coefficient (Wildman–Crippen LogP) is 3.05. The third-order valence-electron chi connectivity index (χ3n) is 3.71. The maximum Gasteiger partial charge on any atom is 0.294 e. The van der Waals surface area contributed by atoms with E-state index >= 15 is 0 Å². The summed E-state index contributed by atoms with van der Waals surface area (Å²) in [7, 11) is -2.14. The first-order chi connectivity index (χ1) is 13.2. The number of carbonyl (C=O) groups is 1. The molecule has 0 aliphatic carbocycles. The van der Waals surface area contributed by atoms with Crippen LogP contribution in [0.25, 0.3) is 0 Å². The number of carbonyl (C=O) groups excluding carboxylic acids is 1. The molecule has 0 aliphatic rings. The highest BCUT2D eigenvalue weighted by molar-refractivity contribution is 7.85. The van der Waals surface area contributed by atoms with Gasteiger partial charge in [0.25, 0.3) is 16.0 Å². The molecular weight excluding hydrogens is 378 g/mol. The summed E-state index contributed by atoms with van der Waals surface area (Å²) in [6.07, 6.45) is 9.84. The van der Waals surface area contributed by atoms with Gasteiger partial charge in [-0.05, 0) is 38.0 Å². The Balaban J connectivity index is 0.000000307. The largest absolute Gasteiger partial charge is 0.294 e. The molecule has 1 heterocycles. The molecule has 0 radical (unpaired) electrons. The van der Waals surface area contributed by atoms with Gasteiger partial charge in [-0.1, -0.05) is 37.5 Å². The third-order valence-corrected chi connectivity index (χ3v) is 4.58. The average Bonchev–Trinajstić information content (AvgIpc) is 2.64. The fourth-order valence-corrected chi connectivity index (χ4v) is 2.63. The Bertz CT molecular complexity index is 879. The predicted molar refractivity (Wildman–Crippen MR) is 109 cm³/mol. The van der Waals surface area contributed by atoms with Crippen molar-refractivity contribution in [2.75, 3.05) is 0 Å². The molecule has 152 valence electrons. The molecule has 2 N–H and O–H groups in total. The third kappa shape index (κ3) is 9.38. The van der Waals surface area contributed by atoms with Gasteiger partial charge >= 0.3 is 0 Å². The highest BCUT2D eigenvalue weighted by atomic mass is 32.2. The Kier molecular flexibility index (Phi) is 10.0. The maximum absolute atomic E-state index is 11.6. The van der Waals surface area contributed by atoms with Gasteiger partial charge in [-0.15, -0.1) is 0 Å². The van der Waals surface area contributed by atoms with Crippen LogP contribution in [-0.4, -0.2) is 25.1 Å². The second-order valence-electron chi connectivity index (χ2n) is 6.29. The number of amides is 1. The van der Waals surface area contributed by atoms with Gasteiger partial charge in [-0.3, -0.25) is 9.35 Å². The molecule has 0 saturated heterocycles. The standard InChI is InChI=1S/C13H19N3O.C7H8O3S/c1-3-4-5-6-9-14-15-13(17)12-8-7-10-16(2)11-12;1-6-2-4-7(5-3-6)11(8,9)10/h7-11H,3-6H2,1-2H3;2-5H,1H3,(H,8,9,10)/p+1/b14-9+;. The summed E-state index contributed by atoms with van der Waals surface area (Å²) in [5.74, 6) is -0.173. The van der Waals surface area contributed by atoms with Crippen molar-refractivity contribution in [2.24, 2.45) is 12.1 Å². The molecule has 0 bridgehead atoms. The smallest absolute Gasteiger partial charge is 0.282 e. The van der Waals surface area contributed by atoms with Crippen molar-refractivity contribution in [2.45, 2.75) is 44.4 Å². The van der Waals surface area contributed by atoms with Crippen LogP contribution in [0.2, 0.25) is 0 Å². The van der Waals surface area contributed by atoms with Gasteiger partial charge in [0, 0.05) is 12.3 Å². The summed E-state index contributed by atoms with van der Waals surface area (Å²) in [4.78, 5) is 11.6. The van der Waals surface area contributed by atoms with Crippen LogP contribution in [0, 0.1) is 6.92 Å². The van der Waals surface area contributed by atoms with Crippen LogP contribution >= 0.6 is 0 Å². The average molecular weight is 407 g/mol. The fraction of sp³-hybridized carbons (Fsp3) is 0.350. The van der Waals surface area contributed by atoms with Crippen LogP contribution in [-0.2, 0) is 17.2 Å². The number of benzene rings is 1. The van der Waals surface area contributed by atoms with Gasteiger partial charge in [0.2, 0.25) is 0 Å². The van der Waals surface area contributed by atoms with Crippen molar-refractivity contribution in [1.29, 1.82) is 0 Å². The first-order valence-electron chi connectivity index (χ1n) is 9.05. The molecule has 0 saturated carbocycles. The number of rotatable bonds is 7. The first kappa shape index (κ1) is 23.5. The molecule has 1 aromatic carbocycles. The highest BCUT2D eigenvalue weighted by Crippen LogP contribution is 2.08. The summed E-state index contributed by atoms with van der Waals surface area (Å²) < 4.78 is 31.4. The molecule has 28 heavy (non-hydrogen) atoms. The Morgan fingerprint density at radius 1 is 1.21 bits per heavy atom. The van der Waals surface area contributed by atoms with Crippen molar-refractivity contribution >= 4 is 22.2 Å². The molecule has 1 amide bonds. The number of nitrogens with zero attached hydrogens (tertiary/aromatic N) is 2. The van der Waals surface area contributed by atoms with Gasteiger partial charge in [0.15, 0.2) is 12.4 Å². The number of hydrogen-bond acceptors (Lipinski definition) is 4. The van der Waals surface area contributed by atoms with E-state index in [-0.39, 0.29) is 10.8 Å². The molecule has 2 aromatic rings. The van der Waals surface area contributed by atoms with Crippen molar-refractivity contribution in [3.63, 3.8) is 0 Å². The zero-order valence-electron chi connectivity index (χ0n) is 16.5. The van der Waals surface area contributed by atoms with E-state index in [1.807, 2.05) is 30.8 Å². The Morgan fingerprint density at radius 2 is 1.89 bits per heavy atom. The topological polar surface area (TPSA) is 99.7 Å². The minimum absolute atomic E-state index is 0.0666. The van der Waals surface area contributed by atoms with Crippen LogP contribution in [0.3, 0.4) is 0 Å². The van der Waals surface area contributed by atoms with Crippen LogP contribution in [0.4, 0.5) is 0 Å². The number of pyridine rings is 1. The van der Waals surface area contributed by atoms with E-state index in [0.29, 0.717) is 5.56 Å². The van der Waals surface area contributed by atoms with Gasteiger partial charge < -0.3 is 0 Å². The van der Waals surface area contributed by atoms with Crippen LogP contribution in [0.5, 0.6) is 0 Å². The Morgan fingerprint density at radius 3 is 2.46 bits per heavy atom. The van der Waals surface area contributed by atoms with Crippen molar-refractivity contribution in [3.8, 4) is 0 Å². The summed E-state index contributed by atoms with van der Waals surface area (Å²) in [5, 5.41) is 3.92. The number of nitrogens with one attached hydrogen (secondary N) is 1. The first-order valence-corrected chi connectivity index (χ1v) is 10.5. The van der Waals surface area contributed by atoms with E-state index < -0.39 is 10.1 Å². The molecule has 1 aromatic heterocycles. The van der Waals surface area contributed by atoms with Crippen molar-refractivity contribution < 1.29 is 22.3 Å². The number of hydrogen-bond donors (Lipinski definition) is 2. The minimum atomic E-state index is -4.02. The SMILES string of the molecule is CCCCC/C=N/NC(=O)c1ccc[n+](C)c1.Cc1ccc(S(=O)(=O)O)cc1. The van der Waals surface area contributed by atoms with E-state index in [2.05, 4.69) is 17.5 Å². The van der Waals surface area contributed by atoms with E-state index in [9.17, 15) is 13.2 Å². The summed E-state index contributed by atoms with van der Waals surface area (Å²) >= 11 is 0. The Hall–Kier alpha value is -2.58. The highest BCUT2D eigenvalue weighted by Gasteiger charge is 2.07. The quantitative estimate of drug-likeness (QED) is 0.243. The summed E-state index contributed by atoms with van der Waals surface area (Å²) in [5.41, 5.74) is 4.09. The van der Waals surface area contributed by atoms with Gasteiger partial charge in [0.1, 0.15) is 12.6 Å². The number of aryl methyl sites for hydroxylation is 2. The Labute approximate surface area is 166 Å². The second kappa shape index (κ2) is 12.0. The molecule has 8 heteroatoms. The summed E-state index contributed by atoms with van der Waals surface area (Å²) in [6.45, 7) is 4.00.